The van der Waals surface area contributed by atoms with Gasteiger partial charge in [0.05, 0.1) is 12.3 Å². The quantitative estimate of drug-likeness (QED) is 0.160. The molecule has 0 aliphatic heterocycles. The lowest BCUT2D eigenvalue weighted by molar-refractivity contribution is 0.133. The highest BCUT2D eigenvalue weighted by molar-refractivity contribution is 7.61. The number of nitrogens with one attached hydrogen (secondary N) is 3. The lowest BCUT2D eigenvalue weighted by Gasteiger charge is -2.14. The fourth-order valence-electron chi connectivity index (χ4n) is 1.52. The molecule has 14 nitrogen and oxygen atoms in total. The molecule has 1 aromatic carbocycles. The van der Waals surface area contributed by atoms with Crippen molar-refractivity contribution in [3.63, 3.8) is 0 Å². The summed E-state index contributed by atoms with van der Waals surface area (Å²) in [5, 5.41) is 2.24. The molecule has 0 bridgehead atoms. The number of hydrogen-bond acceptors (Lipinski definition) is 9. The Morgan fingerprint density at radius 3 is 2.36 bits per heavy atom. The van der Waals surface area contributed by atoms with Gasteiger partial charge in [0, 0.05) is 13.7 Å². The molecule has 2 atom stereocenters. The number of ether oxygens (including phenoxy) is 1. The minimum atomic E-state index is -4.84. The number of amides is 3. The van der Waals surface area contributed by atoms with Crippen LogP contribution < -0.4 is 21.9 Å². The molecule has 158 valence electrons. The molecule has 2 unspecified atom stereocenters. The van der Waals surface area contributed by atoms with E-state index in [1.165, 1.54) is 0 Å². The molecule has 0 saturated carbocycles. The maximum absolute atomic E-state index is 11.5. The summed E-state index contributed by atoms with van der Waals surface area (Å²) in [5.74, 6) is 0. The number of anilines is 1. The van der Waals surface area contributed by atoms with E-state index in [1.807, 2.05) is 0 Å². The molecule has 7 N–H and O–H groups in total. The third kappa shape index (κ3) is 10.2. The number of carbonyl (C=O) groups is 2. The second kappa shape index (κ2) is 11.0. The van der Waals surface area contributed by atoms with Crippen molar-refractivity contribution >= 4 is 33.5 Å². The summed E-state index contributed by atoms with van der Waals surface area (Å²) >= 11 is 0. The van der Waals surface area contributed by atoms with E-state index in [0.29, 0.717) is 11.3 Å². The van der Waals surface area contributed by atoms with Gasteiger partial charge in [0.25, 0.3) is 0 Å². The van der Waals surface area contributed by atoms with Crippen molar-refractivity contribution in [2.75, 3.05) is 25.7 Å². The molecule has 0 fully saturated rings. The first-order valence-electron chi connectivity index (χ1n) is 7.41. The normalized spacial score (nSPS) is 15.0. The molecule has 0 aliphatic carbocycles. The van der Waals surface area contributed by atoms with Crippen LogP contribution >= 0.6 is 15.6 Å². The van der Waals surface area contributed by atoms with Gasteiger partial charge in [0.1, 0.15) is 6.61 Å². The zero-order valence-electron chi connectivity index (χ0n) is 14.6. The number of rotatable bonds is 11. The number of urea groups is 1. The standard InChI is InChI=1S/C12H20N4O10P2/c1-23-27(19,20)26-28(21,22)25-7-6-14-12(18)24-8-9-2-4-10(5-3-9)15-16-11(13)17/h2-5,15H,6-8H2,1H3,(H,14,18)(H,19,20)(H,21,22)(H3,13,16,17). The number of nitrogens with two attached hydrogens (primary N) is 1. The SMILES string of the molecule is COP(=O)(O)OP(=O)(O)OCCNC(=O)OCc1ccc(NNC(N)=O)cc1. The maximum Gasteiger partial charge on any atom is 0.481 e. The van der Waals surface area contributed by atoms with Crippen LogP contribution in [-0.4, -0.2) is 42.2 Å². The lowest BCUT2D eigenvalue weighted by Crippen LogP contribution is -2.34. The molecular formula is C12H20N4O10P2. The van der Waals surface area contributed by atoms with Crippen LogP contribution in [0.25, 0.3) is 0 Å². The van der Waals surface area contributed by atoms with Gasteiger partial charge in [-0.15, -0.1) is 0 Å². The van der Waals surface area contributed by atoms with Crippen LogP contribution in [0.5, 0.6) is 0 Å². The largest absolute Gasteiger partial charge is 0.481 e. The van der Waals surface area contributed by atoms with Crippen LogP contribution in [0.2, 0.25) is 0 Å². The van der Waals surface area contributed by atoms with Crippen LogP contribution in [0.3, 0.4) is 0 Å². The van der Waals surface area contributed by atoms with E-state index in [1.54, 1.807) is 24.3 Å². The maximum atomic E-state index is 11.5. The van der Waals surface area contributed by atoms with E-state index in [2.05, 4.69) is 29.5 Å². The number of primary amides is 1. The highest BCUT2D eigenvalue weighted by Crippen LogP contribution is 2.59. The van der Waals surface area contributed by atoms with Crippen LogP contribution in [0.15, 0.2) is 24.3 Å². The molecule has 0 radical (unpaired) electrons. The van der Waals surface area contributed by atoms with Crippen LogP contribution in [0.4, 0.5) is 15.3 Å². The molecular weight excluding hydrogens is 422 g/mol. The summed E-state index contributed by atoms with van der Waals surface area (Å²) in [6, 6.07) is 5.73. The Balaban J connectivity index is 2.27. The van der Waals surface area contributed by atoms with Gasteiger partial charge < -0.3 is 25.6 Å². The Bertz CT molecular complexity index is 759. The van der Waals surface area contributed by atoms with Crippen molar-refractivity contribution in [3.8, 4) is 0 Å². The number of hydrogen-bond donors (Lipinski definition) is 6. The van der Waals surface area contributed by atoms with Crippen molar-refractivity contribution in [2.24, 2.45) is 5.73 Å². The lowest BCUT2D eigenvalue weighted by atomic mass is 10.2. The van der Waals surface area contributed by atoms with Gasteiger partial charge in [0.2, 0.25) is 0 Å². The van der Waals surface area contributed by atoms with Gasteiger partial charge in [-0.2, -0.15) is 4.31 Å². The smallest absolute Gasteiger partial charge is 0.445 e. The Labute approximate surface area is 159 Å². The van der Waals surface area contributed by atoms with Crippen molar-refractivity contribution in [1.29, 1.82) is 0 Å². The zero-order chi connectivity index (χ0) is 21.2. The van der Waals surface area contributed by atoms with E-state index >= 15 is 0 Å². The molecule has 1 rings (SSSR count). The van der Waals surface area contributed by atoms with Crippen LogP contribution in [0, 0.1) is 0 Å². The van der Waals surface area contributed by atoms with Gasteiger partial charge in [-0.25, -0.2) is 18.7 Å². The molecule has 0 aliphatic rings. The minimum Gasteiger partial charge on any atom is -0.445 e. The number of phosphoric ester groups is 2. The molecule has 28 heavy (non-hydrogen) atoms. The summed E-state index contributed by atoms with van der Waals surface area (Å²) in [5.41, 5.74) is 10.8. The van der Waals surface area contributed by atoms with Gasteiger partial charge in [-0.3, -0.25) is 19.9 Å². The fourth-order valence-corrected chi connectivity index (χ4v) is 3.34. The third-order valence-corrected chi connectivity index (χ3v) is 5.34. The molecule has 3 amide bonds. The van der Waals surface area contributed by atoms with E-state index in [4.69, 9.17) is 15.4 Å². The van der Waals surface area contributed by atoms with Crippen LogP contribution in [-0.2, 0) is 33.8 Å². The number of hydrazine groups is 1. The van der Waals surface area contributed by atoms with Gasteiger partial charge in [-0.1, -0.05) is 12.1 Å². The summed E-state index contributed by atoms with van der Waals surface area (Å²) in [7, 11) is -8.74. The summed E-state index contributed by atoms with van der Waals surface area (Å²) in [4.78, 5) is 40.2. The average Bonchev–Trinajstić information content (AvgIpc) is 2.62. The first-order valence-corrected chi connectivity index (χ1v) is 10.4. The molecule has 0 spiro atoms. The Morgan fingerprint density at radius 2 is 1.79 bits per heavy atom. The Kier molecular flexibility index (Phi) is 9.35. The highest BCUT2D eigenvalue weighted by atomic mass is 31.3. The Morgan fingerprint density at radius 1 is 1.14 bits per heavy atom. The number of benzene rings is 1. The van der Waals surface area contributed by atoms with Crippen molar-refractivity contribution < 1.29 is 46.6 Å². The monoisotopic (exact) mass is 442 g/mol. The summed E-state index contributed by atoms with van der Waals surface area (Å²) in [6.45, 7) is -0.809. The average molecular weight is 442 g/mol. The van der Waals surface area contributed by atoms with Gasteiger partial charge >= 0.3 is 27.8 Å². The topological polar surface area (TPSA) is 208 Å². The molecule has 0 aromatic heterocycles. The number of alkyl carbamates (subject to hydrolysis) is 1. The van der Waals surface area contributed by atoms with E-state index in [0.717, 1.165) is 7.11 Å². The predicted octanol–water partition coefficient (Wildman–Crippen LogP) is 0.788. The van der Waals surface area contributed by atoms with E-state index in [9.17, 15) is 23.6 Å². The van der Waals surface area contributed by atoms with Crippen molar-refractivity contribution in [1.82, 2.24) is 10.7 Å². The van der Waals surface area contributed by atoms with Gasteiger partial charge in [0.15, 0.2) is 0 Å². The third-order valence-electron chi connectivity index (χ3n) is 2.72. The highest BCUT2D eigenvalue weighted by Gasteiger charge is 2.34. The second-order valence-corrected chi connectivity index (χ2v) is 8.00. The van der Waals surface area contributed by atoms with E-state index < -0.39 is 34.4 Å². The van der Waals surface area contributed by atoms with Crippen molar-refractivity contribution in [2.45, 2.75) is 6.61 Å². The second-order valence-electron chi connectivity index (χ2n) is 4.85. The Hall–Kier alpha value is -2.18. The minimum absolute atomic E-state index is 0.0701. The number of carbonyl (C=O) groups excluding carboxylic acids is 2. The zero-order valence-corrected chi connectivity index (χ0v) is 16.4. The number of phosphoric acid groups is 2. The van der Waals surface area contributed by atoms with Crippen molar-refractivity contribution in [3.05, 3.63) is 29.8 Å². The molecule has 1 aromatic rings. The van der Waals surface area contributed by atoms with Gasteiger partial charge in [-0.05, 0) is 17.7 Å². The molecule has 0 saturated heterocycles. The fraction of sp³-hybridized carbons (Fsp3) is 0.333. The predicted molar refractivity (Wildman–Crippen MR) is 94.7 cm³/mol. The van der Waals surface area contributed by atoms with Crippen LogP contribution in [0.1, 0.15) is 5.56 Å². The summed E-state index contributed by atoms with van der Waals surface area (Å²) < 4.78 is 39.6. The summed E-state index contributed by atoms with van der Waals surface area (Å²) in [6.07, 6.45) is -0.834. The molecule has 16 heteroatoms. The first-order chi connectivity index (χ1) is 13.0. The van der Waals surface area contributed by atoms with E-state index in [-0.39, 0.29) is 13.2 Å². The molecule has 0 heterocycles. The first kappa shape index (κ1) is 23.9.